The van der Waals surface area contributed by atoms with Crippen molar-refractivity contribution in [2.75, 3.05) is 0 Å². The van der Waals surface area contributed by atoms with E-state index >= 15 is 0 Å². The van der Waals surface area contributed by atoms with Gasteiger partial charge in [-0.15, -0.1) is 0 Å². The lowest BCUT2D eigenvalue weighted by atomic mass is 10.1. The van der Waals surface area contributed by atoms with E-state index in [-0.39, 0.29) is 11.9 Å². The highest BCUT2D eigenvalue weighted by molar-refractivity contribution is 5.94. The van der Waals surface area contributed by atoms with E-state index in [1.54, 1.807) is 0 Å². The minimum absolute atomic E-state index is 0.0382. The van der Waals surface area contributed by atoms with Crippen LogP contribution in [-0.4, -0.2) is 26.9 Å². The third-order valence-corrected chi connectivity index (χ3v) is 4.70. The molecule has 2 aromatic heterocycles. The molecule has 0 aliphatic heterocycles. The van der Waals surface area contributed by atoms with Gasteiger partial charge >= 0.3 is 0 Å². The third kappa shape index (κ3) is 4.64. The Morgan fingerprint density at radius 3 is 2.63 bits per heavy atom. The van der Waals surface area contributed by atoms with Crippen LogP contribution in [0.1, 0.15) is 52.1 Å². The summed E-state index contributed by atoms with van der Waals surface area (Å²) in [6, 6.07) is 12.3. The summed E-state index contributed by atoms with van der Waals surface area (Å²) >= 11 is 0. The third-order valence-electron chi connectivity index (χ3n) is 4.70. The summed E-state index contributed by atoms with van der Waals surface area (Å²) in [7, 11) is 0. The quantitative estimate of drug-likeness (QED) is 0.693. The smallest absolute Gasteiger partial charge is 0.274 e. The summed E-state index contributed by atoms with van der Waals surface area (Å²) in [6.07, 6.45) is 1.78. The van der Waals surface area contributed by atoms with Crippen molar-refractivity contribution in [2.24, 2.45) is 0 Å². The molecule has 0 spiro atoms. The molecule has 27 heavy (non-hydrogen) atoms. The standard InChI is InChI=1S/C21H26N4O2/c1-14(10-11-18-8-6-5-7-9-18)22-21(26)20-19(17(4)27-24-20)13-25-16(3)12-15(2)23-25/h5-9,12,14H,10-11,13H2,1-4H3,(H,22,26). The monoisotopic (exact) mass is 366 g/mol. The van der Waals surface area contributed by atoms with E-state index in [4.69, 9.17) is 4.52 Å². The lowest BCUT2D eigenvalue weighted by Gasteiger charge is -2.13. The van der Waals surface area contributed by atoms with Crippen molar-refractivity contribution in [3.8, 4) is 0 Å². The Hall–Kier alpha value is -2.89. The molecule has 2 heterocycles. The van der Waals surface area contributed by atoms with Gasteiger partial charge in [-0.2, -0.15) is 5.10 Å². The maximum absolute atomic E-state index is 12.7. The fourth-order valence-electron chi connectivity index (χ4n) is 3.13. The second kappa shape index (κ2) is 8.20. The molecule has 0 fully saturated rings. The van der Waals surface area contributed by atoms with E-state index in [9.17, 15) is 4.79 Å². The van der Waals surface area contributed by atoms with Crippen LogP contribution in [-0.2, 0) is 13.0 Å². The van der Waals surface area contributed by atoms with E-state index in [2.05, 4.69) is 27.7 Å². The van der Waals surface area contributed by atoms with Gasteiger partial charge in [-0.3, -0.25) is 9.48 Å². The van der Waals surface area contributed by atoms with E-state index in [0.717, 1.165) is 29.8 Å². The molecule has 0 radical (unpaired) electrons. The van der Waals surface area contributed by atoms with Crippen LogP contribution in [0.2, 0.25) is 0 Å². The highest BCUT2D eigenvalue weighted by atomic mass is 16.5. The minimum atomic E-state index is -0.205. The lowest BCUT2D eigenvalue weighted by molar-refractivity contribution is 0.0928. The number of hydrogen-bond acceptors (Lipinski definition) is 4. The van der Waals surface area contributed by atoms with Crippen LogP contribution < -0.4 is 5.32 Å². The number of aromatic nitrogens is 3. The molecule has 6 heteroatoms. The summed E-state index contributed by atoms with van der Waals surface area (Å²) in [6.45, 7) is 8.24. The van der Waals surface area contributed by atoms with Crippen LogP contribution in [0.25, 0.3) is 0 Å². The number of nitrogens with zero attached hydrogens (tertiary/aromatic N) is 3. The number of carbonyl (C=O) groups is 1. The van der Waals surface area contributed by atoms with E-state index < -0.39 is 0 Å². The molecule has 1 N–H and O–H groups in total. The van der Waals surface area contributed by atoms with Gasteiger partial charge in [-0.25, -0.2) is 0 Å². The molecule has 0 aliphatic rings. The predicted octanol–water partition coefficient (Wildman–Crippen LogP) is 3.60. The van der Waals surface area contributed by atoms with Crippen LogP contribution in [0.5, 0.6) is 0 Å². The maximum Gasteiger partial charge on any atom is 0.274 e. The van der Waals surface area contributed by atoms with Gasteiger partial charge in [0.25, 0.3) is 5.91 Å². The summed E-state index contributed by atoms with van der Waals surface area (Å²) in [4.78, 5) is 12.7. The van der Waals surface area contributed by atoms with Gasteiger partial charge in [-0.1, -0.05) is 35.5 Å². The molecule has 0 saturated heterocycles. The Bertz CT molecular complexity index is 912. The van der Waals surface area contributed by atoms with E-state index in [1.165, 1.54) is 5.56 Å². The summed E-state index contributed by atoms with van der Waals surface area (Å²) in [5.74, 6) is 0.439. The maximum atomic E-state index is 12.7. The first-order chi connectivity index (χ1) is 12.9. The molecule has 3 aromatic rings. The fourth-order valence-corrected chi connectivity index (χ4v) is 3.13. The van der Waals surface area contributed by atoms with Crippen molar-refractivity contribution in [3.05, 3.63) is 70.4 Å². The first-order valence-corrected chi connectivity index (χ1v) is 9.25. The van der Waals surface area contributed by atoms with Crippen molar-refractivity contribution >= 4 is 5.91 Å². The van der Waals surface area contributed by atoms with Crippen LogP contribution in [0.4, 0.5) is 0 Å². The number of nitrogens with one attached hydrogen (secondary N) is 1. The van der Waals surface area contributed by atoms with Crippen molar-refractivity contribution < 1.29 is 9.32 Å². The molecule has 142 valence electrons. The molecule has 6 nitrogen and oxygen atoms in total. The molecule has 0 aliphatic carbocycles. The minimum Gasteiger partial charge on any atom is -0.361 e. The summed E-state index contributed by atoms with van der Waals surface area (Å²) < 4.78 is 7.16. The predicted molar refractivity (Wildman–Crippen MR) is 104 cm³/mol. The Morgan fingerprint density at radius 2 is 1.96 bits per heavy atom. The van der Waals surface area contributed by atoms with Crippen LogP contribution >= 0.6 is 0 Å². The van der Waals surface area contributed by atoms with Gasteiger partial charge in [0.2, 0.25) is 0 Å². The second-order valence-electron chi connectivity index (χ2n) is 7.05. The topological polar surface area (TPSA) is 73.0 Å². The largest absolute Gasteiger partial charge is 0.361 e. The zero-order chi connectivity index (χ0) is 19.4. The number of carbonyl (C=O) groups excluding carboxylic acids is 1. The molecule has 1 unspecified atom stereocenters. The molecule has 1 aromatic carbocycles. The summed E-state index contributed by atoms with van der Waals surface area (Å²) in [5.41, 5.74) is 4.36. The zero-order valence-electron chi connectivity index (χ0n) is 16.3. The second-order valence-corrected chi connectivity index (χ2v) is 7.05. The average molecular weight is 366 g/mol. The molecule has 1 amide bonds. The average Bonchev–Trinajstić information content (AvgIpc) is 3.16. The Morgan fingerprint density at radius 1 is 1.22 bits per heavy atom. The van der Waals surface area contributed by atoms with Crippen LogP contribution in [0.3, 0.4) is 0 Å². The number of hydrogen-bond donors (Lipinski definition) is 1. The molecular formula is C21H26N4O2. The highest BCUT2D eigenvalue weighted by Crippen LogP contribution is 2.17. The van der Waals surface area contributed by atoms with Crippen LogP contribution in [0.15, 0.2) is 40.9 Å². The molecular weight excluding hydrogens is 340 g/mol. The lowest BCUT2D eigenvalue weighted by Crippen LogP contribution is -2.33. The van der Waals surface area contributed by atoms with Gasteiger partial charge in [-0.05, 0) is 52.2 Å². The normalized spacial score (nSPS) is 12.1. The number of rotatable bonds is 7. The molecule has 0 saturated carbocycles. The zero-order valence-corrected chi connectivity index (χ0v) is 16.3. The van der Waals surface area contributed by atoms with Gasteiger partial charge in [0, 0.05) is 17.3 Å². The number of benzene rings is 1. The fraction of sp³-hybridized carbons (Fsp3) is 0.381. The van der Waals surface area contributed by atoms with E-state index in [1.807, 2.05) is 56.6 Å². The Labute approximate surface area is 159 Å². The van der Waals surface area contributed by atoms with Gasteiger partial charge in [0.1, 0.15) is 5.76 Å². The van der Waals surface area contributed by atoms with Crippen molar-refractivity contribution in [1.29, 1.82) is 0 Å². The Balaban J connectivity index is 1.65. The first-order valence-electron chi connectivity index (χ1n) is 9.25. The van der Waals surface area contributed by atoms with Crippen molar-refractivity contribution in [1.82, 2.24) is 20.3 Å². The Kier molecular flexibility index (Phi) is 5.74. The molecule has 1 atom stereocenters. The van der Waals surface area contributed by atoms with Crippen LogP contribution in [0, 0.1) is 20.8 Å². The SMILES string of the molecule is Cc1cc(C)n(Cc2c(C(=O)NC(C)CCc3ccccc3)noc2C)n1. The highest BCUT2D eigenvalue weighted by Gasteiger charge is 2.22. The van der Waals surface area contributed by atoms with Gasteiger partial charge in [0.15, 0.2) is 5.69 Å². The van der Waals surface area contributed by atoms with Gasteiger partial charge < -0.3 is 9.84 Å². The first kappa shape index (κ1) is 18.9. The van der Waals surface area contributed by atoms with Crippen molar-refractivity contribution in [3.63, 3.8) is 0 Å². The summed E-state index contributed by atoms with van der Waals surface area (Å²) in [5, 5.41) is 11.5. The van der Waals surface area contributed by atoms with Gasteiger partial charge in [0.05, 0.1) is 12.2 Å². The number of aryl methyl sites for hydroxylation is 4. The molecule has 0 bridgehead atoms. The molecule has 3 rings (SSSR count). The van der Waals surface area contributed by atoms with E-state index in [0.29, 0.717) is 18.0 Å². The number of amides is 1. The van der Waals surface area contributed by atoms with Crippen molar-refractivity contribution in [2.45, 2.75) is 53.1 Å².